The molecule has 0 aromatic heterocycles. The highest BCUT2D eigenvalue weighted by atomic mass is 79.9. The van der Waals surface area contributed by atoms with Gasteiger partial charge >= 0.3 is 0 Å². The van der Waals surface area contributed by atoms with Gasteiger partial charge in [0.2, 0.25) is 0 Å². The van der Waals surface area contributed by atoms with Gasteiger partial charge in [-0.05, 0) is 40.5 Å². The molecule has 1 aliphatic carbocycles. The Hall–Kier alpha value is -1.75. The lowest BCUT2D eigenvalue weighted by atomic mass is 10.1. The maximum absolute atomic E-state index is 13.2. The van der Waals surface area contributed by atoms with E-state index in [0.29, 0.717) is 0 Å². The van der Waals surface area contributed by atoms with E-state index in [1.54, 1.807) is 12.1 Å². The average Bonchev–Trinajstić information content (AvgIpc) is 2.62. The summed E-state index contributed by atoms with van der Waals surface area (Å²) in [7, 11) is 0. The van der Waals surface area contributed by atoms with Gasteiger partial charge in [-0.25, -0.2) is 4.39 Å². The van der Waals surface area contributed by atoms with E-state index >= 15 is 0 Å². The lowest BCUT2D eigenvalue weighted by molar-refractivity contribution is -0.384. The molecule has 0 N–H and O–H groups in total. The van der Waals surface area contributed by atoms with E-state index in [4.69, 9.17) is 0 Å². The molecule has 0 amide bonds. The largest absolute Gasteiger partial charge is 0.269 e. The number of hydrogen-bond acceptors (Lipinski definition) is 2. The molecule has 1 atom stereocenters. The minimum absolute atomic E-state index is 0.0477. The number of nitro benzene ring substituents is 1. The van der Waals surface area contributed by atoms with Crippen molar-refractivity contribution in [1.82, 2.24) is 0 Å². The lowest BCUT2D eigenvalue weighted by Crippen LogP contribution is -1.91. The summed E-state index contributed by atoms with van der Waals surface area (Å²) in [5.74, 6) is -0.305. The van der Waals surface area contributed by atoms with Crippen molar-refractivity contribution in [1.29, 1.82) is 0 Å². The summed E-state index contributed by atoms with van der Waals surface area (Å²) in [5, 5.41) is 10.8. The molecule has 90 valence electrons. The van der Waals surface area contributed by atoms with Crippen molar-refractivity contribution < 1.29 is 9.31 Å². The maximum Gasteiger partial charge on any atom is 0.269 e. The molecule has 2 aromatic rings. The molecule has 1 aliphatic rings. The van der Waals surface area contributed by atoms with Crippen LogP contribution in [0.25, 0.3) is 11.1 Å². The number of benzene rings is 2. The Morgan fingerprint density at radius 3 is 2.39 bits per heavy atom. The molecule has 0 bridgehead atoms. The summed E-state index contributed by atoms with van der Waals surface area (Å²) in [6, 6.07) is 9.28. The number of alkyl halides is 1. The summed E-state index contributed by atoms with van der Waals surface area (Å²) in [6.07, 6.45) is 0. The predicted octanol–water partition coefficient (Wildman–Crippen LogP) is 4.20. The normalized spacial score (nSPS) is 16.2. The monoisotopic (exact) mass is 307 g/mol. The standard InChI is InChI=1S/C13H7BrFNO2/c14-13-11-5-7(15)1-3-9(11)10-4-2-8(16(17)18)6-12(10)13/h1-6,13H/t13-/m0/s1. The van der Waals surface area contributed by atoms with Crippen molar-refractivity contribution >= 4 is 21.6 Å². The van der Waals surface area contributed by atoms with E-state index in [0.717, 1.165) is 22.3 Å². The van der Waals surface area contributed by atoms with Crippen LogP contribution >= 0.6 is 15.9 Å². The van der Waals surface area contributed by atoms with Crippen LogP contribution in [0, 0.1) is 15.9 Å². The highest BCUT2D eigenvalue weighted by Crippen LogP contribution is 2.48. The van der Waals surface area contributed by atoms with Gasteiger partial charge in [-0.3, -0.25) is 10.1 Å². The van der Waals surface area contributed by atoms with Crippen LogP contribution in [0.15, 0.2) is 36.4 Å². The second kappa shape index (κ2) is 3.88. The van der Waals surface area contributed by atoms with Gasteiger partial charge in [0.25, 0.3) is 5.69 Å². The Balaban J connectivity index is 2.23. The quantitative estimate of drug-likeness (QED) is 0.450. The zero-order valence-electron chi connectivity index (χ0n) is 9.06. The first-order chi connectivity index (χ1) is 8.58. The molecule has 0 spiro atoms. The van der Waals surface area contributed by atoms with Crippen LogP contribution in [0.3, 0.4) is 0 Å². The molecule has 2 aromatic carbocycles. The van der Waals surface area contributed by atoms with E-state index < -0.39 is 4.92 Å². The third kappa shape index (κ3) is 1.54. The fourth-order valence-electron chi connectivity index (χ4n) is 2.27. The minimum Gasteiger partial charge on any atom is -0.258 e. The van der Waals surface area contributed by atoms with Crippen molar-refractivity contribution in [2.75, 3.05) is 0 Å². The topological polar surface area (TPSA) is 43.1 Å². The third-order valence-corrected chi connectivity index (χ3v) is 4.08. The van der Waals surface area contributed by atoms with E-state index in [2.05, 4.69) is 15.9 Å². The smallest absolute Gasteiger partial charge is 0.258 e. The van der Waals surface area contributed by atoms with Crippen molar-refractivity contribution in [3.05, 3.63) is 63.5 Å². The molecule has 3 nitrogen and oxygen atoms in total. The Labute approximate surface area is 111 Å². The molecule has 0 aliphatic heterocycles. The molecule has 0 saturated carbocycles. The number of nitro groups is 1. The van der Waals surface area contributed by atoms with E-state index in [1.165, 1.54) is 24.3 Å². The highest BCUT2D eigenvalue weighted by Gasteiger charge is 2.28. The third-order valence-electron chi connectivity index (χ3n) is 3.10. The van der Waals surface area contributed by atoms with Gasteiger partial charge in [0, 0.05) is 12.1 Å². The van der Waals surface area contributed by atoms with Crippen molar-refractivity contribution in [2.45, 2.75) is 4.83 Å². The van der Waals surface area contributed by atoms with Crippen molar-refractivity contribution in [3.8, 4) is 11.1 Å². The number of hydrogen-bond donors (Lipinski definition) is 0. The van der Waals surface area contributed by atoms with E-state index in [1.807, 2.05) is 0 Å². The second-order valence-corrected chi connectivity index (χ2v) is 5.04. The molecular formula is C13H7BrFNO2. The summed E-state index contributed by atoms with van der Waals surface area (Å²) < 4.78 is 13.2. The SMILES string of the molecule is O=[N+]([O-])c1ccc2c(c1)[C@@H](Br)c1cc(F)ccc1-2. The Morgan fingerprint density at radius 1 is 1.11 bits per heavy atom. The minimum atomic E-state index is -0.427. The number of halogens is 2. The fourth-order valence-corrected chi connectivity index (χ4v) is 3.03. The number of non-ortho nitro benzene ring substituents is 1. The van der Waals surface area contributed by atoms with Gasteiger partial charge in [-0.1, -0.05) is 22.0 Å². The average molecular weight is 308 g/mol. The first-order valence-corrected chi connectivity index (χ1v) is 6.22. The molecule has 0 fully saturated rings. The van der Waals surface area contributed by atoms with Crippen LogP contribution in [0.2, 0.25) is 0 Å². The molecule has 3 rings (SSSR count). The van der Waals surface area contributed by atoms with Crippen LogP contribution in [-0.2, 0) is 0 Å². The lowest BCUT2D eigenvalue weighted by Gasteiger charge is -2.03. The van der Waals surface area contributed by atoms with Gasteiger partial charge in [0.05, 0.1) is 9.75 Å². The zero-order chi connectivity index (χ0) is 12.9. The van der Waals surface area contributed by atoms with Gasteiger partial charge in [-0.2, -0.15) is 0 Å². The van der Waals surface area contributed by atoms with E-state index in [9.17, 15) is 14.5 Å². The predicted molar refractivity (Wildman–Crippen MR) is 69.3 cm³/mol. The van der Waals surface area contributed by atoms with Gasteiger partial charge in [0.15, 0.2) is 0 Å². The Kier molecular flexibility index (Phi) is 2.45. The van der Waals surface area contributed by atoms with Gasteiger partial charge < -0.3 is 0 Å². The first-order valence-electron chi connectivity index (χ1n) is 5.30. The molecule has 0 unspecified atom stereocenters. The summed E-state index contributed by atoms with van der Waals surface area (Å²) >= 11 is 3.46. The summed E-state index contributed by atoms with van der Waals surface area (Å²) in [4.78, 5) is 10.1. The van der Waals surface area contributed by atoms with Gasteiger partial charge in [0.1, 0.15) is 5.82 Å². The summed E-state index contributed by atoms with van der Waals surface area (Å²) in [5.41, 5.74) is 3.50. The van der Waals surface area contributed by atoms with Crippen molar-refractivity contribution in [3.63, 3.8) is 0 Å². The summed E-state index contributed by atoms with van der Waals surface area (Å²) in [6.45, 7) is 0. The van der Waals surface area contributed by atoms with Crippen LogP contribution < -0.4 is 0 Å². The van der Waals surface area contributed by atoms with Crippen LogP contribution in [-0.4, -0.2) is 4.92 Å². The van der Waals surface area contributed by atoms with Crippen LogP contribution in [0.1, 0.15) is 16.0 Å². The van der Waals surface area contributed by atoms with Crippen LogP contribution in [0.5, 0.6) is 0 Å². The van der Waals surface area contributed by atoms with Crippen molar-refractivity contribution in [2.24, 2.45) is 0 Å². The molecule has 18 heavy (non-hydrogen) atoms. The first kappa shape index (κ1) is 11.3. The molecule has 5 heteroatoms. The second-order valence-electron chi connectivity index (χ2n) is 4.12. The fraction of sp³-hybridized carbons (Fsp3) is 0.0769. The molecule has 0 radical (unpaired) electrons. The highest BCUT2D eigenvalue weighted by molar-refractivity contribution is 9.09. The van der Waals surface area contributed by atoms with E-state index in [-0.39, 0.29) is 16.3 Å². The number of nitrogens with zero attached hydrogens (tertiary/aromatic N) is 1. The van der Waals surface area contributed by atoms with Gasteiger partial charge in [-0.15, -0.1) is 0 Å². The molecule has 0 saturated heterocycles. The number of rotatable bonds is 1. The molecular weight excluding hydrogens is 301 g/mol. The Bertz CT molecular complexity index is 672. The van der Waals surface area contributed by atoms with Crippen LogP contribution in [0.4, 0.5) is 10.1 Å². The Morgan fingerprint density at radius 2 is 1.72 bits per heavy atom. The number of fused-ring (bicyclic) bond motifs is 3. The molecule has 0 heterocycles. The maximum atomic E-state index is 13.2. The zero-order valence-corrected chi connectivity index (χ0v) is 10.6.